The number of hydrogen-bond acceptors (Lipinski definition) is 0. The number of rotatable bonds is 0. The van der Waals surface area contributed by atoms with Gasteiger partial charge in [-0.15, -0.1) is 23.3 Å². The maximum absolute atomic E-state index is 3.33. The van der Waals surface area contributed by atoms with E-state index in [4.69, 9.17) is 0 Å². The van der Waals surface area contributed by atoms with Crippen molar-refractivity contribution in [1.29, 1.82) is 0 Å². The zero-order valence-corrected chi connectivity index (χ0v) is 24.3. The van der Waals surface area contributed by atoms with Crippen LogP contribution in [-0.2, 0) is 37.1 Å². The molecule has 0 aromatic heterocycles. The van der Waals surface area contributed by atoms with Crippen LogP contribution in [0.2, 0.25) is 0 Å². The summed E-state index contributed by atoms with van der Waals surface area (Å²) in [6, 6.07) is 34.8. The smallest absolute Gasteiger partial charge is 0.0188 e. The first-order valence-electron chi connectivity index (χ1n) is 13.1. The van der Waals surface area contributed by atoms with E-state index in [2.05, 4.69) is 135 Å². The third-order valence-corrected chi connectivity index (χ3v) is 7.16. The van der Waals surface area contributed by atoms with Gasteiger partial charge in [-0.25, -0.2) is 0 Å². The maximum atomic E-state index is 3.33. The van der Waals surface area contributed by atoms with Crippen molar-refractivity contribution >= 4 is 46.3 Å². The van der Waals surface area contributed by atoms with Crippen molar-refractivity contribution in [3.63, 3.8) is 0 Å². The minimum absolute atomic E-state index is 1.01. The molecule has 0 spiro atoms. The predicted octanol–water partition coefficient (Wildman–Crippen LogP) is 9.26. The number of allylic oxidation sites excluding steroid dienone is 2. The van der Waals surface area contributed by atoms with Gasteiger partial charge in [-0.1, -0.05) is 96.4 Å². The van der Waals surface area contributed by atoms with Gasteiger partial charge in [-0.2, -0.15) is 47.6 Å². The molecule has 0 atom stereocenters. The van der Waals surface area contributed by atoms with Gasteiger partial charge in [0.15, 0.2) is 0 Å². The van der Waals surface area contributed by atoms with Crippen molar-refractivity contribution in [2.75, 3.05) is 0 Å². The molecule has 0 amide bonds. The van der Waals surface area contributed by atoms with Crippen molar-refractivity contribution in [3.05, 3.63) is 144 Å². The molecule has 0 bridgehead atoms. The number of hydrogen-bond donors (Lipinski definition) is 0. The standard InChI is InChI=1S/2C17H11.C3H6.Zr/c2*1-2-6-15-12(4-1)8-10-14-11-9-13-5-3-7-16(13)17(14)15;1-3-2;/h2*1-4,6,8-11H,7H2;1-2H3;/q2*-1;;+2. The summed E-state index contributed by atoms with van der Waals surface area (Å²) >= 11 is 1.55. The number of benzene rings is 6. The quantitative estimate of drug-likeness (QED) is 0.128. The minimum Gasteiger partial charge on any atom is -0.189 e. The average Bonchev–Trinajstić information content (AvgIpc) is 3.62. The van der Waals surface area contributed by atoms with Gasteiger partial charge in [0.25, 0.3) is 0 Å². The van der Waals surface area contributed by atoms with Crippen LogP contribution in [-0.4, -0.2) is 3.21 Å². The molecule has 0 N–H and O–H groups in total. The summed E-state index contributed by atoms with van der Waals surface area (Å²) in [5.41, 5.74) is 5.38. The molecule has 0 heterocycles. The second-order valence-electron chi connectivity index (χ2n) is 10.1. The largest absolute Gasteiger partial charge is 0.189 e. The van der Waals surface area contributed by atoms with Gasteiger partial charge in [-0.05, 0) is 32.3 Å². The molecule has 0 nitrogen and oxygen atoms in total. The summed E-state index contributed by atoms with van der Waals surface area (Å²) in [5, 5.41) is 10.8. The minimum atomic E-state index is 1.01. The fraction of sp³-hybridized carbons (Fsp3) is 0.108. The van der Waals surface area contributed by atoms with E-state index in [1.54, 1.807) is 24.2 Å². The molecule has 6 aromatic carbocycles. The topological polar surface area (TPSA) is 0 Å². The molecule has 0 unspecified atom stereocenters. The first-order chi connectivity index (χ1) is 18.6. The molecule has 0 fully saturated rings. The molecule has 0 saturated carbocycles. The van der Waals surface area contributed by atoms with Gasteiger partial charge in [0.05, 0.1) is 0 Å². The van der Waals surface area contributed by atoms with Gasteiger partial charge in [0, 0.05) is 0 Å². The van der Waals surface area contributed by atoms with Crippen molar-refractivity contribution in [1.82, 2.24) is 0 Å². The van der Waals surface area contributed by atoms with Crippen LogP contribution in [0, 0.1) is 12.2 Å². The monoisotopic (exact) mass is 562 g/mol. The molecular formula is C37H28Zr. The molecule has 2 aliphatic rings. The fourth-order valence-corrected chi connectivity index (χ4v) is 5.57. The van der Waals surface area contributed by atoms with E-state index in [0.717, 1.165) is 12.8 Å². The first-order valence-corrected chi connectivity index (χ1v) is 14.4. The normalized spacial score (nSPS) is 12.7. The van der Waals surface area contributed by atoms with Crippen molar-refractivity contribution in [2.24, 2.45) is 0 Å². The van der Waals surface area contributed by atoms with Gasteiger partial charge in [-0.3, -0.25) is 0 Å². The van der Waals surface area contributed by atoms with Crippen LogP contribution in [0.25, 0.3) is 43.1 Å². The molecule has 1 heteroatoms. The average molecular weight is 564 g/mol. The van der Waals surface area contributed by atoms with Crippen LogP contribution in [0.5, 0.6) is 0 Å². The number of fused-ring (bicyclic) bond motifs is 10. The molecule has 8 rings (SSSR count). The third kappa shape index (κ3) is 4.77. The Hall–Kier alpha value is -3.41. The fourth-order valence-electron chi connectivity index (χ4n) is 5.57. The Kier molecular flexibility index (Phi) is 7.05. The summed E-state index contributed by atoms with van der Waals surface area (Å²) < 4.78 is 1.51. The zero-order chi connectivity index (χ0) is 26.1. The molecule has 0 radical (unpaired) electrons. The maximum Gasteiger partial charge on any atom is -0.0188 e. The summed E-state index contributed by atoms with van der Waals surface area (Å²) in [4.78, 5) is 0. The molecule has 0 saturated heterocycles. The third-order valence-electron chi connectivity index (χ3n) is 7.16. The van der Waals surface area contributed by atoms with Crippen molar-refractivity contribution in [2.45, 2.75) is 26.7 Å². The Morgan fingerprint density at radius 3 is 1.34 bits per heavy atom. The summed E-state index contributed by atoms with van der Waals surface area (Å²) in [7, 11) is 0. The molecule has 2 aliphatic carbocycles. The molecule has 0 aliphatic heterocycles. The van der Waals surface area contributed by atoms with E-state index in [1.165, 1.54) is 68.5 Å². The summed E-state index contributed by atoms with van der Waals surface area (Å²) in [6.45, 7) is 4.25. The van der Waals surface area contributed by atoms with Crippen LogP contribution < -0.4 is 0 Å². The van der Waals surface area contributed by atoms with E-state index in [0.29, 0.717) is 0 Å². The van der Waals surface area contributed by atoms with E-state index < -0.39 is 0 Å². The van der Waals surface area contributed by atoms with E-state index >= 15 is 0 Å². The second-order valence-corrected chi connectivity index (χ2v) is 12.5. The van der Waals surface area contributed by atoms with Gasteiger partial charge < -0.3 is 0 Å². The van der Waals surface area contributed by atoms with Crippen LogP contribution in [0.1, 0.15) is 36.1 Å². The van der Waals surface area contributed by atoms with Gasteiger partial charge in [0.1, 0.15) is 0 Å². The Labute approximate surface area is 239 Å². The van der Waals surface area contributed by atoms with Crippen LogP contribution in [0.4, 0.5) is 0 Å². The van der Waals surface area contributed by atoms with Crippen molar-refractivity contribution in [3.8, 4) is 0 Å². The van der Waals surface area contributed by atoms with Gasteiger partial charge in [0.2, 0.25) is 0 Å². The van der Waals surface area contributed by atoms with E-state index in [9.17, 15) is 0 Å². The van der Waals surface area contributed by atoms with Gasteiger partial charge >= 0.3 is 41.3 Å². The summed E-state index contributed by atoms with van der Waals surface area (Å²) in [6.07, 6.45) is 13.0. The van der Waals surface area contributed by atoms with Crippen LogP contribution >= 0.6 is 0 Å². The van der Waals surface area contributed by atoms with E-state index in [1.807, 2.05) is 0 Å². The molecule has 180 valence electrons. The predicted molar refractivity (Wildman–Crippen MR) is 161 cm³/mol. The Balaban J connectivity index is 0.000000122. The van der Waals surface area contributed by atoms with Crippen LogP contribution in [0.15, 0.2) is 109 Å². The Bertz CT molecular complexity index is 1760. The molecule has 38 heavy (non-hydrogen) atoms. The summed E-state index contributed by atoms with van der Waals surface area (Å²) in [5.74, 6) is 0. The zero-order valence-electron chi connectivity index (χ0n) is 21.8. The van der Waals surface area contributed by atoms with E-state index in [-0.39, 0.29) is 0 Å². The van der Waals surface area contributed by atoms with Crippen molar-refractivity contribution < 1.29 is 24.2 Å². The SMILES string of the molecule is C[C](C)=[Zr+2].[C-]1=CCc2c1ccc1ccc3ccccc3c21.[C-]1=CCc2c1ccc1ccc3ccccc3c21. The van der Waals surface area contributed by atoms with Crippen LogP contribution in [0.3, 0.4) is 0 Å². The molecular weight excluding hydrogens is 536 g/mol. The first kappa shape index (κ1) is 24.9. The Morgan fingerprint density at radius 2 is 0.895 bits per heavy atom. The second kappa shape index (κ2) is 10.8. The Morgan fingerprint density at radius 1 is 0.526 bits per heavy atom. The molecule has 6 aromatic rings.